The van der Waals surface area contributed by atoms with E-state index in [1.807, 2.05) is 0 Å². The second kappa shape index (κ2) is 5.95. The smallest absolute Gasteiger partial charge is 0.418 e. The monoisotopic (exact) mass is 297 g/mol. The van der Waals surface area contributed by atoms with E-state index in [0.717, 1.165) is 11.6 Å². The first-order chi connectivity index (χ1) is 9.90. The van der Waals surface area contributed by atoms with Gasteiger partial charge in [-0.1, -0.05) is 12.1 Å². The van der Waals surface area contributed by atoms with E-state index >= 15 is 0 Å². The average molecular weight is 297 g/mol. The molecule has 2 rings (SSSR count). The molecule has 0 unspecified atom stereocenters. The summed E-state index contributed by atoms with van der Waals surface area (Å²) in [5.41, 5.74) is 4.93. The number of benzene rings is 2. The molecule has 0 saturated heterocycles. The van der Waals surface area contributed by atoms with Gasteiger partial charge < -0.3 is 15.2 Å². The average Bonchev–Trinajstić information content (AvgIpc) is 2.45. The lowest BCUT2D eigenvalue weighted by Gasteiger charge is -2.12. The first-order valence-corrected chi connectivity index (χ1v) is 6.12. The van der Waals surface area contributed by atoms with E-state index in [1.54, 1.807) is 31.4 Å². The van der Waals surface area contributed by atoms with Crippen molar-refractivity contribution in [2.75, 3.05) is 12.8 Å². The summed E-state index contributed by atoms with van der Waals surface area (Å²) in [6.45, 7) is 0.158. The van der Waals surface area contributed by atoms with Gasteiger partial charge in [0.25, 0.3) is 0 Å². The van der Waals surface area contributed by atoms with Crippen LogP contribution in [0, 0.1) is 0 Å². The first-order valence-electron chi connectivity index (χ1n) is 6.12. The molecule has 0 aliphatic rings. The molecule has 0 amide bonds. The Kier molecular flexibility index (Phi) is 4.26. The molecule has 2 N–H and O–H groups in total. The lowest BCUT2D eigenvalue weighted by Crippen LogP contribution is -2.09. The molecule has 0 aliphatic carbocycles. The third kappa shape index (κ3) is 3.81. The Labute approximate surface area is 120 Å². The fourth-order valence-electron chi connectivity index (χ4n) is 1.76. The predicted octanol–water partition coefficient (Wildman–Crippen LogP) is 3.88. The molecule has 0 spiro atoms. The highest BCUT2D eigenvalue weighted by atomic mass is 19.4. The van der Waals surface area contributed by atoms with Crippen LogP contribution in [0.15, 0.2) is 42.5 Å². The molecule has 6 heteroatoms. The summed E-state index contributed by atoms with van der Waals surface area (Å²) in [5.74, 6) is 0.818. The molecule has 0 saturated carbocycles. The van der Waals surface area contributed by atoms with Crippen molar-refractivity contribution in [2.24, 2.45) is 0 Å². The summed E-state index contributed by atoms with van der Waals surface area (Å²) in [4.78, 5) is 0. The van der Waals surface area contributed by atoms with Gasteiger partial charge in [0.05, 0.1) is 12.7 Å². The molecule has 2 aromatic rings. The van der Waals surface area contributed by atoms with E-state index in [9.17, 15) is 13.2 Å². The van der Waals surface area contributed by atoms with Crippen molar-refractivity contribution in [1.82, 2.24) is 0 Å². The molecule has 3 nitrogen and oxygen atoms in total. The number of ether oxygens (including phenoxy) is 2. The van der Waals surface area contributed by atoms with Crippen LogP contribution in [-0.2, 0) is 12.8 Å². The van der Waals surface area contributed by atoms with Crippen LogP contribution in [0.5, 0.6) is 11.5 Å². The van der Waals surface area contributed by atoms with E-state index in [4.69, 9.17) is 15.2 Å². The van der Waals surface area contributed by atoms with E-state index in [1.165, 1.54) is 12.1 Å². The number of anilines is 1. The van der Waals surface area contributed by atoms with Crippen molar-refractivity contribution in [3.05, 3.63) is 53.6 Å². The van der Waals surface area contributed by atoms with Crippen LogP contribution in [0.3, 0.4) is 0 Å². The van der Waals surface area contributed by atoms with Crippen LogP contribution in [0.1, 0.15) is 11.1 Å². The molecule has 0 aromatic heterocycles. The number of rotatable bonds is 4. The number of halogens is 3. The standard InChI is InChI=1S/C15H14F3NO2/c1-20-11-4-2-10(3-5-11)9-21-12-6-7-14(19)13(8-12)15(16,17)18/h2-8H,9,19H2,1H3. The fraction of sp³-hybridized carbons (Fsp3) is 0.200. The molecule has 21 heavy (non-hydrogen) atoms. The third-order valence-corrected chi connectivity index (χ3v) is 2.89. The van der Waals surface area contributed by atoms with Gasteiger partial charge in [-0.05, 0) is 35.9 Å². The molecule has 0 radical (unpaired) electrons. The number of alkyl halides is 3. The van der Waals surface area contributed by atoms with Crippen LogP contribution >= 0.6 is 0 Å². The van der Waals surface area contributed by atoms with Crippen molar-refractivity contribution in [1.29, 1.82) is 0 Å². The summed E-state index contributed by atoms with van der Waals surface area (Å²) in [6.07, 6.45) is -4.50. The minimum atomic E-state index is -4.50. The molecule has 0 fully saturated rings. The zero-order valence-electron chi connectivity index (χ0n) is 11.3. The summed E-state index contributed by atoms with van der Waals surface area (Å²) in [7, 11) is 1.55. The molecular weight excluding hydrogens is 283 g/mol. The summed E-state index contributed by atoms with van der Waals surface area (Å²) < 4.78 is 48.6. The predicted molar refractivity (Wildman–Crippen MR) is 73.2 cm³/mol. The van der Waals surface area contributed by atoms with Gasteiger partial charge in [0.1, 0.15) is 18.1 Å². The highest BCUT2D eigenvalue weighted by Gasteiger charge is 2.33. The van der Waals surface area contributed by atoms with Gasteiger partial charge in [0, 0.05) is 5.69 Å². The van der Waals surface area contributed by atoms with Gasteiger partial charge in [0.15, 0.2) is 0 Å². The Hall–Kier alpha value is -2.37. The van der Waals surface area contributed by atoms with Gasteiger partial charge in [-0.3, -0.25) is 0 Å². The Morgan fingerprint density at radius 1 is 1.00 bits per heavy atom. The van der Waals surface area contributed by atoms with E-state index in [-0.39, 0.29) is 18.0 Å². The lowest BCUT2D eigenvalue weighted by atomic mass is 10.1. The largest absolute Gasteiger partial charge is 0.497 e. The Morgan fingerprint density at radius 3 is 2.19 bits per heavy atom. The van der Waals surface area contributed by atoms with E-state index in [0.29, 0.717) is 5.75 Å². The van der Waals surface area contributed by atoms with E-state index < -0.39 is 11.7 Å². The number of nitrogen functional groups attached to an aromatic ring is 1. The van der Waals surface area contributed by atoms with Crippen LogP contribution in [-0.4, -0.2) is 7.11 Å². The molecule has 0 heterocycles. The number of methoxy groups -OCH3 is 1. The van der Waals surface area contributed by atoms with Crippen molar-refractivity contribution in [3.8, 4) is 11.5 Å². The van der Waals surface area contributed by atoms with Gasteiger partial charge >= 0.3 is 6.18 Å². The third-order valence-electron chi connectivity index (χ3n) is 2.89. The van der Waals surface area contributed by atoms with Crippen LogP contribution in [0.2, 0.25) is 0 Å². The Morgan fingerprint density at radius 2 is 1.62 bits per heavy atom. The minimum absolute atomic E-state index is 0.118. The first kappa shape index (κ1) is 15.0. The maximum Gasteiger partial charge on any atom is 0.418 e. The Bertz CT molecular complexity index is 609. The lowest BCUT2D eigenvalue weighted by molar-refractivity contribution is -0.137. The zero-order valence-corrected chi connectivity index (χ0v) is 11.3. The molecule has 0 aliphatic heterocycles. The second-order valence-electron chi connectivity index (χ2n) is 4.38. The topological polar surface area (TPSA) is 44.5 Å². The van der Waals surface area contributed by atoms with Crippen LogP contribution in [0.4, 0.5) is 18.9 Å². The van der Waals surface area contributed by atoms with Crippen molar-refractivity contribution in [3.63, 3.8) is 0 Å². The highest BCUT2D eigenvalue weighted by molar-refractivity contribution is 5.52. The fourth-order valence-corrected chi connectivity index (χ4v) is 1.76. The summed E-state index contributed by atoms with van der Waals surface area (Å²) >= 11 is 0. The second-order valence-corrected chi connectivity index (χ2v) is 4.38. The van der Waals surface area contributed by atoms with Crippen molar-refractivity contribution in [2.45, 2.75) is 12.8 Å². The normalized spacial score (nSPS) is 11.2. The number of nitrogens with two attached hydrogens (primary N) is 1. The van der Waals surface area contributed by atoms with Crippen molar-refractivity contribution < 1.29 is 22.6 Å². The molecular formula is C15H14F3NO2. The zero-order chi connectivity index (χ0) is 15.5. The highest BCUT2D eigenvalue weighted by Crippen LogP contribution is 2.35. The minimum Gasteiger partial charge on any atom is -0.497 e. The maximum atomic E-state index is 12.7. The number of hydrogen-bond donors (Lipinski definition) is 1. The SMILES string of the molecule is COc1ccc(COc2ccc(N)c(C(F)(F)F)c2)cc1. The van der Waals surface area contributed by atoms with Gasteiger partial charge in [0.2, 0.25) is 0 Å². The van der Waals surface area contributed by atoms with Gasteiger partial charge in [-0.2, -0.15) is 13.2 Å². The van der Waals surface area contributed by atoms with E-state index in [2.05, 4.69) is 0 Å². The van der Waals surface area contributed by atoms with Gasteiger partial charge in [-0.25, -0.2) is 0 Å². The summed E-state index contributed by atoms with van der Waals surface area (Å²) in [6, 6.07) is 10.6. The van der Waals surface area contributed by atoms with Gasteiger partial charge in [-0.15, -0.1) is 0 Å². The Balaban J connectivity index is 2.09. The molecule has 2 aromatic carbocycles. The molecule has 0 atom stereocenters. The molecule has 112 valence electrons. The van der Waals surface area contributed by atoms with Crippen molar-refractivity contribution >= 4 is 5.69 Å². The number of hydrogen-bond acceptors (Lipinski definition) is 3. The van der Waals surface area contributed by atoms with Crippen LogP contribution in [0.25, 0.3) is 0 Å². The summed E-state index contributed by atoms with van der Waals surface area (Å²) in [5, 5.41) is 0. The quantitative estimate of drug-likeness (QED) is 0.871. The maximum absolute atomic E-state index is 12.7. The molecule has 0 bridgehead atoms. The van der Waals surface area contributed by atoms with Crippen LogP contribution < -0.4 is 15.2 Å².